The van der Waals surface area contributed by atoms with E-state index in [1.165, 1.54) is 6.42 Å². The van der Waals surface area contributed by atoms with Crippen molar-refractivity contribution in [1.29, 1.82) is 0 Å². The average molecular weight is 340 g/mol. The van der Waals surface area contributed by atoms with Gasteiger partial charge >= 0.3 is 11.9 Å². The molecule has 0 aromatic carbocycles. The summed E-state index contributed by atoms with van der Waals surface area (Å²) < 4.78 is 0. The van der Waals surface area contributed by atoms with Gasteiger partial charge in [0.25, 0.3) is 0 Å². The van der Waals surface area contributed by atoms with E-state index in [0.29, 0.717) is 5.17 Å². The van der Waals surface area contributed by atoms with Crippen molar-refractivity contribution >= 4 is 28.9 Å². The van der Waals surface area contributed by atoms with E-state index in [4.69, 9.17) is 10.1 Å². The predicted octanol–water partition coefficient (Wildman–Crippen LogP) is 2.60. The summed E-state index contributed by atoms with van der Waals surface area (Å²) in [7, 11) is 0. The molecule has 1 fully saturated rings. The maximum atomic E-state index is 11.4. The Hall–Kier alpha value is -1.50. The van der Waals surface area contributed by atoms with Crippen LogP contribution in [0.25, 0.3) is 0 Å². The SMILES string of the molecule is O=C(O)C[C@@H](SC(=N[C@H]1CC=CCC1)N1CCCCC1)C(=O)O. The van der Waals surface area contributed by atoms with Crippen molar-refractivity contribution in [3.8, 4) is 0 Å². The van der Waals surface area contributed by atoms with E-state index >= 15 is 0 Å². The van der Waals surface area contributed by atoms with Crippen molar-refractivity contribution in [2.75, 3.05) is 13.1 Å². The van der Waals surface area contributed by atoms with Crippen LogP contribution in [0.15, 0.2) is 17.1 Å². The van der Waals surface area contributed by atoms with Crippen LogP contribution in [-0.2, 0) is 9.59 Å². The fraction of sp³-hybridized carbons (Fsp3) is 0.688. The van der Waals surface area contributed by atoms with Crippen molar-refractivity contribution in [2.45, 2.75) is 56.2 Å². The largest absolute Gasteiger partial charge is 0.481 e. The fourth-order valence-corrected chi connectivity index (χ4v) is 3.91. The molecular formula is C16H24N2O4S. The van der Waals surface area contributed by atoms with Gasteiger partial charge in [-0.05, 0) is 38.5 Å². The van der Waals surface area contributed by atoms with Crippen molar-refractivity contribution in [3.05, 3.63) is 12.2 Å². The number of hydrogen-bond acceptors (Lipinski definition) is 4. The summed E-state index contributed by atoms with van der Waals surface area (Å²) in [6.07, 6.45) is 10.0. The molecule has 1 saturated heterocycles. The van der Waals surface area contributed by atoms with Gasteiger partial charge in [-0.25, -0.2) is 0 Å². The Labute approximate surface area is 140 Å². The molecule has 1 aliphatic heterocycles. The Morgan fingerprint density at radius 3 is 2.52 bits per heavy atom. The molecule has 2 rings (SSSR count). The van der Waals surface area contributed by atoms with Gasteiger partial charge in [-0.1, -0.05) is 23.9 Å². The summed E-state index contributed by atoms with van der Waals surface area (Å²) >= 11 is 1.10. The van der Waals surface area contributed by atoms with Crippen LogP contribution in [0.1, 0.15) is 44.9 Å². The number of likely N-dealkylation sites (tertiary alicyclic amines) is 1. The van der Waals surface area contributed by atoms with Crippen LogP contribution in [0.5, 0.6) is 0 Å². The second kappa shape index (κ2) is 8.96. The molecule has 2 N–H and O–H groups in total. The summed E-state index contributed by atoms with van der Waals surface area (Å²) in [4.78, 5) is 29.2. The molecule has 0 aromatic rings. The number of piperidine rings is 1. The van der Waals surface area contributed by atoms with Crippen LogP contribution in [-0.4, -0.2) is 56.6 Å². The van der Waals surface area contributed by atoms with Crippen LogP contribution in [0.3, 0.4) is 0 Å². The lowest BCUT2D eigenvalue weighted by molar-refractivity contribution is -0.142. The van der Waals surface area contributed by atoms with Gasteiger partial charge in [0, 0.05) is 13.1 Å². The lowest BCUT2D eigenvalue weighted by atomic mass is 10.0. The molecule has 0 unspecified atom stereocenters. The van der Waals surface area contributed by atoms with Crippen LogP contribution in [0.2, 0.25) is 0 Å². The molecule has 23 heavy (non-hydrogen) atoms. The van der Waals surface area contributed by atoms with Gasteiger partial charge in [0.05, 0.1) is 12.5 Å². The number of carbonyl (C=O) groups is 2. The molecule has 2 aliphatic rings. The molecule has 6 nitrogen and oxygen atoms in total. The maximum Gasteiger partial charge on any atom is 0.317 e. The van der Waals surface area contributed by atoms with Gasteiger partial charge in [0.15, 0.2) is 5.17 Å². The van der Waals surface area contributed by atoms with Crippen LogP contribution in [0.4, 0.5) is 0 Å². The predicted molar refractivity (Wildman–Crippen MR) is 90.9 cm³/mol. The highest BCUT2D eigenvalue weighted by atomic mass is 32.2. The monoisotopic (exact) mass is 340 g/mol. The molecule has 0 radical (unpaired) electrons. The zero-order chi connectivity index (χ0) is 16.7. The number of nitrogens with zero attached hydrogens (tertiary/aromatic N) is 2. The number of carboxylic acids is 2. The summed E-state index contributed by atoms with van der Waals surface area (Å²) in [6.45, 7) is 1.74. The third kappa shape index (κ3) is 5.89. The van der Waals surface area contributed by atoms with Gasteiger partial charge in [-0.3, -0.25) is 14.6 Å². The molecule has 1 heterocycles. The van der Waals surface area contributed by atoms with E-state index in [1.54, 1.807) is 0 Å². The first-order valence-corrected chi connectivity index (χ1v) is 9.03. The normalized spacial score (nSPS) is 23.6. The van der Waals surface area contributed by atoms with E-state index < -0.39 is 23.6 Å². The molecule has 0 saturated carbocycles. The smallest absolute Gasteiger partial charge is 0.317 e. The number of rotatable bonds is 5. The zero-order valence-corrected chi connectivity index (χ0v) is 14.0. The van der Waals surface area contributed by atoms with Crippen LogP contribution < -0.4 is 0 Å². The fourth-order valence-electron chi connectivity index (χ4n) is 2.79. The van der Waals surface area contributed by atoms with Gasteiger partial charge in [0.2, 0.25) is 0 Å². The average Bonchev–Trinajstić information content (AvgIpc) is 2.54. The number of aliphatic imine (C=N–C) groups is 1. The number of thioether (sulfide) groups is 1. The summed E-state index contributed by atoms with van der Waals surface area (Å²) in [6, 6.07) is 0.170. The van der Waals surface area contributed by atoms with Crippen molar-refractivity contribution in [1.82, 2.24) is 4.90 Å². The molecule has 2 atom stereocenters. The third-order valence-corrected chi connectivity index (χ3v) is 5.27. The Balaban J connectivity index is 2.13. The number of carboxylic acid groups (broad SMARTS) is 2. The van der Waals surface area contributed by atoms with E-state index in [-0.39, 0.29) is 6.04 Å². The van der Waals surface area contributed by atoms with E-state index in [0.717, 1.165) is 57.0 Å². The lowest BCUT2D eigenvalue weighted by Gasteiger charge is -2.31. The number of hydrogen-bond donors (Lipinski definition) is 2. The first kappa shape index (κ1) is 17.8. The molecule has 128 valence electrons. The Kier molecular flexibility index (Phi) is 6.95. The quantitative estimate of drug-likeness (QED) is 0.454. The van der Waals surface area contributed by atoms with Crippen molar-refractivity contribution in [2.24, 2.45) is 4.99 Å². The molecule has 0 spiro atoms. The van der Waals surface area contributed by atoms with Crippen LogP contribution in [0, 0.1) is 0 Å². The minimum Gasteiger partial charge on any atom is -0.481 e. The summed E-state index contributed by atoms with van der Waals surface area (Å²) in [5.74, 6) is -2.19. The molecule has 0 amide bonds. The highest BCUT2D eigenvalue weighted by Crippen LogP contribution is 2.25. The molecular weight excluding hydrogens is 316 g/mol. The standard InChI is InChI=1S/C16H24N2O4S/c19-14(20)11-13(15(21)22)23-16(18-9-5-2-6-10-18)17-12-7-3-1-4-8-12/h1,3,12-13H,2,4-11H2,(H,19,20)(H,21,22)/t12-,13+/m0/s1. The Bertz CT molecular complexity index is 486. The lowest BCUT2D eigenvalue weighted by Crippen LogP contribution is -2.37. The number of allylic oxidation sites excluding steroid dienone is 1. The van der Waals surface area contributed by atoms with E-state index in [1.807, 2.05) is 0 Å². The third-order valence-electron chi connectivity index (χ3n) is 4.04. The minimum absolute atomic E-state index is 0.170. The van der Waals surface area contributed by atoms with Gasteiger partial charge in [0.1, 0.15) is 5.25 Å². The Morgan fingerprint density at radius 1 is 1.22 bits per heavy atom. The minimum atomic E-state index is -1.09. The molecule has 0 bridgehead atoms. The zero-order valence-electron chi connectivity index (χ0n) is 13.2. The number of amidine groups is 1. The summed E-state index contributed by atoms with van der Waals surface area (Å²) in [5.41, 5.74) is 0. The van der Waals surface area contributed by atoms with Gasteiger partial charge < -0.3 is 15.1 Å². The summed E-state index contributed by atoms with van der Waals surface area (Å²) in [5, 5.41) is 18.0. The highest BCUT2D eigenvalue weighted by Gasteiger charge is 2.27. The van der Waals surface area contributed by atoms with Crippen molar-refractivity contribution in [3.63, 3.8) is 0 Å². The second-order valence-electron chi connectivity index (χ2n) is 5.94. The second-order valence-corrected chi connectivity index (χ2v) is 7.11. The first-order valence-electron chi connectivity index (χ1n) is 8.15. The number of aliphatic carboxylic acids is 2. The topological polar surface area (TPSA) is 90.2 Å². The van der Waals surface area contributed by atoms with Crippen molar-refractivity contribution < 1.29 is 19.8 Å². The molecule has 0 aromatic heterocycles. The first-order chi connectivity index (χ1) is 11.1. The van der Waals surface area contributed by atoms with E-state index in [2.05, 4.69) is 17.1 Å². The van der Waals surface area contributed by atoms with Crippen LogP contribution >= 0.6 is 11.8 Å². The van der Waals surface area contributed by atoms with Gasteiger partial charge in [-0.15, -0.1) is 0 Å². The van der Waals surface area contributed by atoms with E-state index in [9.17, 15) is 14.7 Å². The molecule has 7 heteroatoms. The maximum absolute atomic E-state index is 11.4. The van der Waals surface area contributed by atoms with Gasteiger partial charge in [-0.2, -0.15) is 0 Å². The Morgan fingerprint density at radius 2 is 1.96 bits per heavy atom. The molecule has 1 aliphatic carbocycles. The highest BCUT2D eigenvalue weighted by molar-refractivity contribution is 8.14.